The lowest BCUT2D eigenvalue weighted by Crippen LogP contribution is -2.20. The molecular formula is C11H13N3O2S. The van der Waals surface area contributed by atoms with E-state index < -0.39 is 10.0 Å². The highest BCUT2D eigenvalue weighted by molar-refractivity contribution is 7.89. The van der Waals surface area contributed by atoms with Crippen molar-refractivity contribution in [1.29, 1.82) is 0 Å². The van der Waals surface area contributed by atoms with Gasteiger partial charge in [-0.15, -0.1) is 0 Å². The summed E-state index contributed by atoms with van der Waals surface area (Å²) in [6.07, 6.45) is 3.59. The van der Waals surface area contributed by atoms with Gasteiger partial charge in [-0.05, 0) is 31.3 Å². The summed E-state index contributed by atoms with van der Waals surface area (Å²) in [5, 5.41) is 0. The zero-order valence-electron chi connectivity index (χ0n) is 9.29. The molecule has 0 radical (unpaired) electrons. The minimum Gasteiger partial charge on any atom is -0.294 e. The molecule has 2 rings (SSSR count). The van der Waals surface area contributed by atoms with Gasteiger partial charge in [-0.3, -0.25) is 10.1 Å². The molecule has 17 heavy (non-hydrogen) atoms. The molecule has 2 aromatic rings. The molecule has 5 nitrogen and oxygen atoms in total. The van der Waals surface area contributed by atoms with Crippen molar-refractivity contribution in [2.24, 2.45) is 0 Å². The Morgan fingerprint density at radius 1 is 1.06 bits per heavy atom. The molecule has 0 atom stereocenters. The number of hydrogen-bond acceptors (Lipinski definition) is 3. The van der Waals surface area contributed by atoms with Crippen molar-refractivity contribution < 1.29 is 8.42 Å². The SMILES string of the molecule is CNS(=O)(=O)c1ccccc1Nn1cccc1. The molecule has 0 saturated carbocycles. The molecule has 0 aliphatic carbocycles. The Labute approximate surface area is 100 Å². The Balaban J connectivity index is 2.41. The molecular weight excluding hydrogens is 238 g/mol. The van der Waals surface area contributed by atoms with Crippen molar-refractivity contribution in [3.8, 4) is 0 Å². The van der Waals surface area contributed by atoms with Crippen molar-refractivity contribution in [3.05, 3.63) is 48.8 Å². The average Bonchev–Trinajstić information content (AvgIpc) is 2.82. The zero-order valence-corrected chi connectivity index (χ0v) is 10.1. The van der Waals surface area contributed by atoms with Crippen LogP contribution in [0.15, 0.2) is 53.7 Å². The number of rotatable bonds is 4. The van der Waals surface area contributed by atoms with Crippen molar-refractivity contribution in [3.63, 3.8) is 0 Å². The first-order valence-corrected chi connectivity index (χ1v) is 6.54. The predicted octanol–water partition coefficient (Wildman–Crippen LogP) is 1.27. The number of benzene rings is 1. The van der Waals surface area contributed by atoms with Gasteiger partial charge in [0.25, 0.3) is 0 Å². The van der Waals surface area contributed by atoms with Gasteiger partial charge in [0.1, 0.15) is 4.90 Å². The lowest BCUT2D eigenvalue weighted by Gasteiger charge is -2.12. The second kappa shape index (κ2) is 4.60. The maximum atomic E-state index is 11.8. The van der Waals surface area contributed by atoms with Gasteiger partial charge < -0.3 is 0 Å². The summed E-state index contributed by atoms with van der Waals surface area (Å²) in [5.41, 5.74) is 3.52. The summed E-state index contributed by atoms with van der Waals surface area (Å²) in [6, 6.07) is 10.4. The number of anilines is 1. The Morgan fingerprint density at radius 3 is 2.35 bits per heavy atom. The highest BCUT2D eigenvalue weighted by Gasteiger charge is 2.15. The predicted molar refractivity (Wildman–Crippen MR) is 66.1 cm³/mol. The van der Waals surface area contributed by atoms with E-state index in [0.29, 0.717) is 5.69 Å². The molecule has 0 spiro atoms. The van der Waals surface area contributed by atoms with Crippen LogP contribution >= 0.6 is 0 Å². The van der Waals surface area contributed by atoms with Crippen molar-refractivity contribution in [2.75, 3.05) is 12.5 Å². The summed E-state index contributed by atoms with van der Waals surface area (Å²) in [7, 11) is -2.07. The van der Waals surface area contributed by atoms with Gasteiger partial charge in [-0.1, -0.05) is 12.1 Å². The molecule has 1 aromatic heterocycles. The normalized spacial score (nSPS) is 11.4. The Morgan fingerprint density at radius 2 is 1.71 bits per heavy atom. The minimum absolute atomic E-state index is 0.219. The Hall–Kier alpha value is -1.79. The largest absolute Gasteiger partial charge is 0.294 e. The molecule has 6 heteroatoms. The van der Waals surface area contributed by atoms with Crippen LogP contribution in [0.4, 0.5) is 5.69 Å². The fraction of sp³-hybridized carbons (Fsp3) is 0.0909. The number of para-hydroxylation sites is 1. The van der Waals surface area contributed by atoms with Gasteiger partial charge in [-0.25, -0.2) is 13.1 Å². The first-order valence-electron chi connectivity index (χ1n) is 5.06. The maximum Gasteiger partial charge on any atom is 0.242 e. The average molecular weight is 251 g/mol. The monoisotopic (exact) mass is 251 g/mol. The minimum atomic E-state index is -3.46. The van der Waals surface area contributed by atoms with Gasteiger partial charge in [0, 0.05) is 12.4 Å². The topological polar surface area (TPSA) is 63.1 Å². The third-order valence-corrected chi connectivity index (χ3v) is 3.77. The number of nitrogens with zero attached hydrogens (tertiary/aromatic N) is 1. The second-order valence-electron chi connectivity index (χ2n) is 3.41. The number of sulfonamides is 1. The van der Waals surface area contributed by atoms with Crippen LogP contribution in [0.5, 0.6) is 0 Å². The Kier molecular flexibility index (Phi) is 3.16. The van der Waals surface area contributed by atoms with E-state index >= 15 is 0 Å². The van der Waals surface area contributed by atoms with Gasteiger partial charge >= 0.3 is 0 Å². The van der Waals surface area contributed by atoms with Gasteiger partial charge in [0.2, 0.25) is 10.0 Å². The van der Waals surface area contributed by atoms with Crippen molar-refractivity contribution in [1.82, 2.24) is 9.40 Å². The van der Waals surface area contributed by atoms with Gasteiger partial charge in [0.15, 0.2) is 0 Å². The third-order valence-electron chi connectivity index (χ3n) is 2.30. The number of hydrogen-bond donors (Lipinski definition) is 2. The molecule has 1 aromatic carbocycles. The summed E-state index contributed by atoms with van der Waals surface area (Å²) in [6.45, 7) is 0. The highest BCUT2D eigenvalue weighted by Crippen LogP contribution is 2.20. The smallest absolute Gasteiger partial charge is 0.242 e. The summed E-state index contributed by atoms with van der Waals surface area (Å²) >= 11 is 0. The molecule has 0 saturated heterocycles. The maximum absolute atomic E-state index is 11.8. The number of nitrogens with one attached hydrogen (secondary N) is 2. The van der Waals surface area contributed by atoms with E-state index in [9.17, 15) is 8.42 Å². The van der Waals surface area contributed by atoms with Crippen LogP contribution in [0.1, 0.15) is 0 Å². The van der Waals surface area contributed by atoms with Gasteiger partial charge in [0.05, 0.1) is 5.69 Å². The van der Waals surface area contributed by atoms with E-state index in [1.54, 1.807) is 41.3 Å². The lowest BCUT2D eigenvalue weighted by atomic mass is 10.3. The molecule has 0 amide bonds. The molecule has 1 heterocycles. The van der Waals surface area contributed by atoms with E-state index in [-0.39, 0.29) is 4.90 Å². The molecule has 0 fully saturated rings. The highest BCUT2D eigenvalue weighted by atomic mass is 32.2. The van der Waals surface area contributed by atoms with E-state index in [2.05, 4.69) is 10.1 Å². The molecule has 0 unspecified atom stereocenters. The first-order chi connectivity index (χ1) is 8.13. The summed E-state index contributed by atoms with van der Waals surface area (Å²) in [5.74, 6) is 0. The number of aromatic nitrogens is 1. The van der Waals surface area contributed by atoms with Crippen molar-refractivity contribution in [2.45, 2.75) is 4.90 Å². The van der Waals surface area contributed by atoms with E-state index in [1.807, 2.05) is 12.1 Å². The van der Waals surface area contributed by atoms with Crippen LogP contribution in [-0.2, 0) is 10.0 Å². The van der Waals surface area contributed by atoms with Crippen LogP contribution in [-0.4, -0.2) is 20.1 Å². The third kappa shape index (κ3) is 2.48. The van der Waals surface area contributed by atoms with E-state index in [4.69, 9.17) is 0 Å². The molecule has 90 valence electrons. The van der Waals surface area contributed by atoms with Crippen LogP contribution < -0.4 is 10.1 Å². The first kappa shape index (κ1) is 11.7. The quantitative estimate of drug-likeness (QED) is 0.860. The van der Waals surface area contributed by atoms with Crippen LogP contribution in [0.25, 0.3) is 0 Å². The van der Waals surface area contributed by atoms with Crippen molar-refractivity contribution >= 4 is 15.7 Å². The van der Waals surface area contributed by atoms with E-state index in [0.717, 1.165) is 0 Å². The summed E-state index contributed by atoms with van der Waals surface area (Å²) in [4.78, 5) is 0.219. The Bertz CT molecular complexity index is 591. The fourth-order valence-electron chi connectivity index (χ4n) is 1.45. The molecule has 2 N–H and O–H groups in total. The summed E-state index contributed by atoms with van der Waals surface area (Å²) < 4.78 is 27.6. The second-order valence-corrected chi connectivity index (χ2v) is 5.26. The molecule has 0 bridgehead atoms. The standard InChI is InChI=1S/C11H13N3O2S/c1-12-17(15,16)11-7-3-2-6-10(11)13-14-8-4-5-9-14/h2-9,12-13H,1H3. The van der Waals surface area contributed by atoms with E-state index in [1.165, 1.54) is 7.05 Å². The van der Waals surface area contributed by atoms with Gasteiger partial charge in [-0.2, -0.15) is 0 Å². The van der Waals surface area contributed by atoms with Crippen LogP contribution in [0, 0.1) is 0 Å². The fourth-order valence-corrected chi connectivity index (χ4v) is 2.33. The van der Waals surface area contributed by atoms with Crippen LogP contribution in [0.2, 0.25) is 0 Å². The lowest BCUT2D eigenvalue weighted by molar-refractivity contribution is 0.588. The molecule has 0 aliphatic heterocycles. The molecule has 0 aliphatic rings. The zero-order chi connectivity index (χ0) is 12.3. The van der Waals surface area contributed by atoms with Crippen LogP contribution in [0.3, 0.4) is 0 Å².